The highest BCUT2D eigenvalue weighted by atomic mass is 35.5. The van der Waals surface area contributed by atoms with E-state index in [1.165, 1.54) is 12.0 Å². The molecule has 0 unspecified atom stereocenters. The number of benzene rings is 1. The van der Waals surface area contributed by atoms with Crippen LogP contribution in [0.5, 0.6) is 5.75 Å². The molecular weight excluding hydrogens is 198 g/mol. The van der Waals surface area contributed by atoms with E-state index in [-0.39, 0.29) is 12.4 Å². The molecular formula is C11H16ClNO. The van der Waals surface area contributed by atoms with Gasteiger partial charge in [0.25, 0.3) is 0 Å². The van der Waals surface area contributed by atoms with Crippen LogP contribution in [-0.2, 0) is 0 Å². The van der Waals surface area contributed by atoms with Crippen molar-refractivity contribution in [3.63, 3.8) is 0 Å². The summed E-state index contributed by atoms with van der Waals surface area (Å²) < 4.78 is 5.37. The topological polar surface area (TPSA) is 21.3 Å². The van der Waals surface area contributed by atoms with Gasteiger partial charge < -0.3 is 10.1 Å². The Morgan fingerprint density at radius 1 is 1.36 bits per heavy atom. The quantitative estimate of drug-likeness (QED) is 0.834. The maximum atomic E-state index is 5.37. The minimum Gasteiger partial charge on any atom is -0.494 e. The molecule has 1 aliphatic rings. The van der Waals surface area contributed by atoms with Crippen molar-refractivity contribution in [2.45, 2.75) is 19.4 Å². The summed E-state index contributed by atoms with van der Waals surface area (Å²) in [5.74, 6) is 0.963. The Kier molecular flexibility index (Phi) is 4.23. The molecule has 78 valence electrons. The van der Waals surface area contributed by atoms with Crippen LogP contribution in [0, 0.1) is 0 Å². The van der Waals surface area contributed by atoms with Crippen LogP contribution in [0.15, 0.2) is 24.3 Å². The van der Waals surface area contributed by atoms with Gasteiger partial charge >= 0.3 is 0 Å². The van der Waals surface area contributed by atoms with Crippen LogP contribution in [0.25, 0.3) is 0 Å². The average Bonchev–Trinajstić information content (AvgIpc) is 2.06. The Hall–Kier alpha value is -0.730. The predicted octanol–water partition coefficient (Wildman–Crippen LogP) is 2.54. The highest BCUT2D eigenvalue weighted by molar-refractivity contribution is 5.85. The third-order valence-electron chi connectivity index (χ3n) is 2.42. The van der Waals surface area contributed by atoms with Gasteiger partial charge in [0.1, 0.15) is 5.75 Å². The van der Waals surface area contributed by atoms with E-state index in [0.29, 0.717) is 6.04 Å². The number of nitrogens with one attached hydrogen (secondary N) is 1. The zero-order chi connectivity index (χ0) is 9.10. The molecule has 14 heavy (non-hydrogen) atoms. The van der Waals surface area contributed by atoms with Gasteiger partial charge in [0.2, 0.25) is 0 Å². The summed E-state index contributed by atoms with van der Waals surface area (Å²) in [7, 11) is 0. The Balaban J connectivity index is 0.000000980. The van der Waals surface area contributed by atoms with Crippen molar-refractivity contribution in [3.8, 4) is 5.75 Å². The van der Waals surface area contributed by atoms with E-state index < -0.39 is 0 Å². The summed E-state index contributed by atoms with van der Waals surface area (Å²) in [6.45, 7) is 3.89. The normalized spacial score (nSPS) is 19.4. The first kappa shape index (κ1) is 11.3. The van der Waals surface area contributed by atoms with Crippen LogP contribution >= 0.6 is 12.4 Å². The molecule has 1 aromatic carbocycles. The third kappa shape index (κ3) is 2.40. The molecule has 3 heteroatoms. The smallest absolute Gasteiger partial charge is 0.119 e. The first-order valence-electron chi connectivity index (χ1n) is 4.86. The monoisotopic (exact) mass is 213 g/mol. The average molecular weight is 214 g/mol. The number of hydrogen-bond acceptors (Lipinski definition) is 2. The van der Waals surface area contributed by atoms with Crippen molar-refractivity contribution in [1.29, 1.82) is 0 Å². The van der Waals surface area contributed by atoms with Gasteiger partial charge in [0.15, 0.2) is 0 Å². The van der Waals surface area contributed by atoms with Gasteiger partial charge in [-0.3, -0.25) is 0 Å². The molecule has 1 aliphatic heterocycles. The minimum atomic E-state index is 0. The fourth-order valence-electron chi connectivity index (χ4n) is 1.54. The number of ether oxygens (including phenoxy) is 1. The second-order valence-electron chi connectivity index (χ2n) is 3.30. The van der Waals surface area contributed by atoms with Gasteiger partial charge in [0.05, 0.1) is 6.61 Å². The van der Waals surface area contributed by atoms with Crippen LogP contribution in [0.1, 0.15) is 24.9 Å². The molecule has 2 rings (SSSR count). The lowest BCUT2D eigenvalue weighted by molar-refractivity contribution is 0.339. The molecule has 0 radical (unpaired) electrons. The first-order valence-corrected chi connectivity index (χ1v) is 4.86. The van der Waals surface area contributed by atoms with E-state index in [2.05, 4.69) is 17.4 Å². The van der Waals surface area contributed by atoms with Crippen LogP contribution in [0.3, 0.4) is 0 Å². The zero-order valence-corrected chi connectivity index (χ0v) is 9.14. The molecule has 0 aromatic heterocycles. The van der Waals surface area contributed by atoms with E-state index in [4.69, 9.17) is 4.74 Å². The molecule has 1 saturated heterocycles. The van der Waals surface area contributed by atoms with E-state index >= 15 is 0 Å². The molecule has 0 spiro atoms. The number of rotatable bonds is 3. The van der Waals surface area contributed by atoms with Crippen molar-refractivity contribution >= 4 is 12.4 Å². The van der Waals surface area contributed by atoms with Crippen molar-refractivity contribution in [2.75, 3.05) is 13.2 Å². The SMILES string of the molecule is CCOc1ccc([C@@H]2CCN2)cc1.Cl. The summed E-state index contributed by atoms with van der Waals surface area (Å²) in [5.41, 5.74) is 1.37. The summed E-state index contributed by atoms with van der Waals surface area (Å²) in [5, 5.41) is 3.37. The lowest BCUT2D eigenvalue weighted by Crippen LogP contribution is -2.34. The van der Waals surface area contributed by atoms with Crippen LogP contribution in [0.2, 0.25) is 0 Å². The van der Waals surface area contributed by atoms with Crippen molar-refractivity contribution < 1.29 is 4.74 Å². The molecule has 1 atom stereocenters. The Bertz CT molecular complexity index is 269. The van der Waals surface area contributed by atoms with Gasteiger partial charge in [-0.2, -0.15) is 0 Å². The fourth-order valence-corrected chi connectivity index (χ4v) is 1.54. The molecule has 1 fully saturated rings. The van der Waals surface area contributed by atoms with E-state index in [1.807, 2.05) is 19.1 Å². The molecule has 0 amide bonds. The van der Waals surface area contributed by atoms with E-state index in [0.717, 1.165) is 18.9 Å². The van der Waals surface area contributed by atoms with E-state index in [1.54, 1.807) is 0 Å². The maximum Gasteiger partial charge on any atom is 0.119 e. The van der Waals surface area contributed by atoms with Crippen LogP contribution < -0.4 is 10.1 Å². The third-order valence-corrected chi connectivity index (χ3v) is 2.42. The van der Waals surface area contributed by atoms with E-state index in [9.17, 15) is 0 Å². The number of hydrogen-bond donors (Lipinski definition) is 1. The molecule has 0 aliphatic carbocycles. The van der Waals surface area contributed by atoms with Crippen molar-refractivity contribution in [2.24, 2.45) is 0 Å². The summed E-state index contributed by atoms with van der Waals surface area (Å²) >= 11 is 0. The Labute approximate surface area is 91.1 Å². The maximum absolute atomic E-state index is 5.37. The van der Waals surface area contributed by atoms with Crippen LogP contribution in [-0.4, -0.2) is 13.2 Å². The van der Waals surface area contributed by atoms with Crippen molar-refractivity contribution in [1.82, 2.24) is 5.32 Å². The molecule has 2 nitrogen and oxygen atoms in total. The van der Waals surface area contributed by atoms with Gasteiger partial charge in [0, 0.05) is 6.04 Å². The van der Waals surface area contributed by atoms with Crippen molar-refractivity contribution in [3.05, 3.63) is 29.8 Å². The highest BCUT2D eigenvalue weighted by Crippen LogP contribution is 2.24. The molecule has 1 aromatic rings. The molecule has 1 N–H and O–H groups in total. The molecule has 0 bridgehead atoms. The highest BCUT2D eigenvalue weighted by Gasteiger charge is 2.17. The summed E-state index contributed by atoms with van der Waals surface area (Å²) in [4.78, 5) is 0. The Morgan fingerprint density at radius 2 is 2.00 bits per heavy atom. The van der Waals surface area contributed by atoms with Gasteiger partial charge in [-0.05, 0) is 37.6 Å². The molecule has 1 heterocycles. The number of halogens is 1. The summed E-state index contributed by atoms with van der Waals surface area (Å²) in [6.07, 6.45) is 1.26. The Morgan fingerprint density at radius 3 is 2.43 bits per heavy atom. The van der Waals surface area contributed by atoms with Gasteiger partial charge in [-0.15, -0.1) is 12.4 Å². The summed E-state index contributed by atoms with van der Waals surface area (Å²) in [6, 6.07) is 8.94. The second-order valence-corrected chi connectivity index (χ2v) is 3.30. The van der Waals surface area contributed by atoms with Crippen LogP contribution in [0.4, 0.5) is 0 Å². The lowest BCUT2D eigenvalue weighted by Gasteiger charge is -2.28. The predicted molar refractivity (Wildman–Crippen MR) is 60.2 cm³/mol. The standard InChI is InChI=1S/C11H15NO.ClH/c1-2-13-10-5-3-9(4-6-10)11-7-8-12-11;/h3-6,11-12H,2,7-8H2,1H3;1H/t11-;/m0./s1. The minimum absolute atomic E-state index is 0. The second kappa shape index (κ2) is 5.23. The lowest BCUT2D eigenvalue weighted by atomic mass is 9.98. The van der Waals surface area contributed by atoms with Gasteiger partial charge in [-0.1, -0.05) is 12.1 Å². The molecule has 0 saturated carbocycles. The zero-order valence-electron chi connectivity index (χ0n) is 8.32. The van der Waals surface area contributed by atoms with Gasteiger partial charge in [-0.25, -0.2) is 0 Å². The first-order chi connectivity index (χ1) is 6.40. The fraction of sp³-hybridized carbons (Fsp3) is 0.455. The largest absolute Gasteiger partial charge is 0.494 e.